The third kappa shape index (κ3) is 9.07. The van der Waals surface area contributed by atoms with E-state index in [1.165, 1.54) is 44.1 Å². The maximum Gasteiger partial charge on any atom is 0.513 e. The Hall–Kier alpha value is -2.29. The standard InChI is InChI=1S/C25H34O3/c1-2-15-23-19-12-13-20-24(23)28-25(26)27-21-14-7-5-3-4-6-9-16-22-17-10-8-11-18-22/h8,10-13,17-20H,2-7,9,14-16,21H2,1H3. The number of rotatable bonds is 13. The average molecular weight is 383 g/mol. The Morgan fingerprint density at radius 3 is 2.14 bits per heavy atom. The minimum absolute atomic E-state index is 0.433. The predicted octanol–water partition coefficient (Wildman–Crippen LogP) is 7.13. The molecule has 0 amide bonds. The van der Waals surface area contributed by atoms with Crippen LogP contribution in [0.3, 0.4) is 0 Å². The monoisotopic (exact) mass is 382 g/mol. The third-order valence-corrected chi connectivity index (χ3v) is 4.86. The molecule has 2 aromatic rings. The summed E-state index contributed by atoms with van der Waals surface area (Å²) in [5, 5.41) is 0. The van der Waals surface area contributed by atoms with Crippen LogP contribution in [0.5, 0.6) is 5.75 Å². The van der Waals surface area contributed by atoms with E-state index in [1.807, 2.05) is 24.3 Å². The van der Waals surface area contributed by atoms with Crippen molar-refractivity contribution < 1.29 is 14.3 Å². The van der Waals surface area contributed by atoms with Crippen molar-refractivity contribution >= 4 is 6.16 Å². The molecular formula is C25H34O3. The van der Waals surface area contributed by atoms with Gasteiger partial charge < -0.3 is 9.47 Å². The molecule has 0 saturated heterocycles. The lowest BCUT2D eigenvalue weighted by molar-refractivity contribution is 0.0969. The van der Waals surface area contributed by atoms with Gasteiger partial charge in [-0.2, -0.15) is 0 Å². The van der Waals surface area contributed by atoms with Gasteiger partial charge in [-0.3, -0.25) is 0 Å². The Morgan fingerprint density at radius 2 is 1.39 bits per heavy atom. The summed E-state index contributed by atoms with van der Waals surface area (Å²) in [5.74, 6) is 0.616. The quantitative estimate of drug-likeness (QED) is 0.210. The van der Waals surface area contributed by atoms with Gasteiger partial charge in [0.15, 0.2) is 0 Å². The van der Waals surface area contributed by atoms with E-state index in [-0.39, 0.29) is 0 Å². The van der Waals surface area contributed by atoms with E-state index >= 15 is 0 Å². The highest BCUT2D eigenvalue weighted by Crippen LogP contribution is 2.20. The van der Waals surface area contributed by atoms with Crippen molar-refractivity contribution in [1.82, 2.24) is 0 Å². The molecule has 0 fully saturated rings. The van der Waals surface area contributed by atoms with Gasteiger partial charge in [0, 0.05) is 0 Å². The molecule has 0 aromatic heterocycles. The number of carbonyl (C=O) groups is 1. The van der Waals surface area contributed by atoms with E-state index in [2.05, 4.69) is 37.3 Å². The van der Waals surface area contributed by atoms with Crippen LogP contribution in [0.4, 0.5) is 4.79 Å². The second-order valence-corrected chi connectivity index (χ2v) is 7.27. The third-order valence-electron chi connectivity index (χ3n) is 4.86. The molecule has 0 saturated carbocycles. The number of para-hydroxylation sites is 1. The SMILES string of the molecule is CCCc1ccccc1OC(=O)OCCCCCCCCCc1ccccc1. The Balaban J connectivity index is 1.45. The number of ether oxygens (including phenoxy) is 2. The van der Waals surface area contributed by atoms with E-state index < -0.39 is 6.16 Å². The zero-order chi connectivity index (χ0) is 19.9. The van der Waals surface area contributed by atoms with Crippen LogP contribution >= 0.6 is 0 Å². The maximum absolute atomic E-state index is 11.8. The highest BCUT2D eigenvalue weighted by atomic mass is 16.7. The van der Waals surface area contributed by atoms with Gasteiger partial charge in [0.1, 0.15) is 5.75 Å². The van der Waals surface area contributed by atoms with E-state index in [0.29, 0.717) is 12.4 Å². The molecule has 2 aromatic carbocycles. The normalized spacial score (nSPS) is 10.6. The molecule has 0 aliphatic carbocycles. The summed E-state index contributed by atoms with van der Waals surface area (Å²) in [4.78, 5) is 11.8. The van der Waals surface area contributed by atoms with E-state index in [4.69, 9.17) is 9.47 Å². The molecule has 3 heteroatoms. The highest BCUT2D eigenvalue weighted by Gasteiger charge is 2.09. The molecule has 2 rings (SSSR count). The zero-order valence-corrected chi connectivity index (χ0v) is 17.2. The topological polar surface area (TPSA) is 35.5 Å². The van der Waals surface area contributed by atoms with Crippen LogP contribution in [-0.4, -0.2) is 12.8 Å². The van der Waals surface area contributed by atoms with E-state index in [1.54, 1.807) is 0 Å². The fourth-order valence-electron chi connectivity index (χ4n) is 3.31. The molecule has 152 valence electrons. The second-order valence-electron chi connectivity index (χ2n) is 7.27. The Bertz CT molecular complexity index is 667. The first-order valence-corrected chi connectivity index (χ1v) is 10.8. The number of benzene rings is 2. The molecular weight excluding hydrogens is 348 g/mol. The van der Waals surface area contributed by atoms with Gasteiger partial charge in [-0.15, -0.1) is 0 Å². The minimum atomic E-state index is -0.593. The number of carbonyl (C=O) groups excluding carboxylic acids is 1. The van der Waals surface area contributed by atoms with E-state index in [9.17, 15) is 4.79 Å². The molecule has 0 aliphatic rings. The summed E-state index contributed by atoms with van der Waals surface area (Å²) in [6.45, 7) is 2.54. The predicted molar refractivity (Wildman–Crippen MR) is 115 cm³/mol. The Kier molecular flexibility index (Phi) is 10.9. The lowest BCUT2D eigenvalue weighted by atomic mass is 10.0. The molecule has 0 heterocycles. The van der Waals surface area contributed by atoms with Crippen molar-refractivity contribution in [3.8, 4) is 5.75 Å². The lowest BCUT2D eigenvalue weighted by Crippen LogP contribution is -2.12. The molecule has 0 radical (unpaired) electrons. The highest BCUT2D eigenvalue weighted by molar-refractivity contribution is 5.64. The zero-order valence-electron chi connectivity index (χ0n) is 17.2. The largest absolute Gasteiger partial charge is 0.513 e. The second kappa shape index (κ2) is 13.8. The van der Waals surface area contributed by atoms with Gasteiger partial charge in [0.25, 0.3) is 0 Å². The smallest absolute Gasteiger partial charge is 0.434 e. The lowest BCUT2D eigenvalue weighted by Gasteiger charge is -2.09. The molecule has 28 heavy (non-hydrogen) atoms. The molecule has 3 nitrogen and oxygen atoms in total. The maximum atomic E-state index is 11.8. The van der Waals surface area contributed by atoms with Crippen LogP contribution < -0.4 is 4.74 Å². The van der Waals surface area contributed by atoms with Gasteiger partial charge in [-0.25, -0.2) is 4.79 Å². The van der Waals surface area contributed by atoms with Crippen LogP contribution in [0.15, 0.2) is 54.6 Å². The number of unbranched alkanes of at least 4 members (excludes halogenated alkanes) is 6. The van der Waals surface area contributed by atoms with Gasteiger partial charge in [-0.1, -0.05) is 94.0 Å². The van der Waals surface area contributed by atoms with Crippen molar-refractivity contribution in [2.75, 3.05) is 6.61 Å². The summed E-state index contributed by atoms with van der Waals surface area (Å²) in [6, 6.07) is 18.3. The van der Waals surface area contributed by atoms with E-state index in [0.717, 1.165) is 31.2 Å². The van der Waals surface area contributed by atoms with Crippen LogP contribution in [0.1, 0.15) is 69.4 Å². The minimum Gasteiger partial charge on any atom is -0.434 e. The summed E-state index contributed by atoms with van der Waals surface area (Å²) in [6.07, 6.45) is 10.8. The van der Waals surface area contributed by atoms with Crippen molar-refractivity contribution in [2.24, 2.45) is 0 Å². The van der Waals surface area contributed by atoms with Gasteiger partial charge in [0.2, 0.25) is 0 Å². The van der Waals surface area contributed by atoms with Crippen molar-refractivity contribution in [3.05, 3.63) is 65.7 Å². The van der Waals surface area contributed by atoms with Gasteiger partial charge in [-0.05, 0) is 42.9 Å². The molecule has 0 N–H and O–H groups in total. The first-order valence-electron chi connectivity index (χ1n) is 10.8. The number of hydrogen-bond donors (Lipinski definition) is 0. The number of hydrogen-bond acceptors (Lipinski definition) is 3. The fourth-order valence-corrected chi connectivity index (χ4v) is 3.31. The first-order chi connectivity index (χ1) is 13.8. The molecule has 0 bridgehead atoms. The average Bonchev–Trinajstić information content (AvgIpc) is 2.72. The molecule has 0 spiro atoms. The summed E-state index contributed by atoms with van der Waals surface area (Å²) in [5.41, 5.74) is 2.48. The fraction of sp³-hybridized carbons (Fsp3) is 0.480. The summed E-state index contributed by atoms with van der Waals surface area (Å²) < 4.78 is 10.6. The number of aryl methyl sites for hydroxylation is 2. The Labute approximate surface area is 170 Å². The molecule has 0 aliphatic heterocycles. The van der Waals surface area contributed by atoms with Crippen LogP contribution in [0.25, 0.3) is 0 Å². The van der Waals surface area contributed by atoms with Crippen molar-refractivity contribution in [3.63, 3.8) is 0 Å². The van der Waals surface area contributed by atoms with Crippen molar-refractivity contribution in [1.29, 1.82) is 0 Å². The van der Waals surface area contributed by atoms with Crippen molar-refractivity contribution in [2.45, 2.75) is 71.1 Å². The van der Waals surface area contributed by atoms with Crippen LogP contribution in [0, 0.1) is 0 Å². The van der Waals surface area contributed by atoms with Crippen LogP contribution in [0.2, 0.25) is 0 Å². The van der Waals surface area contributed by atoms with Gasteiger partial charge in [0.05, 0.1) is 6.61 Å². The summed E-state index contributed by atoms with van der Waals surface area (Å²) >= 11 is 0. The summed E-state index contributed by atoms with van der Waals surface area (Å²) in [7, 11) is 0. The molecule has 0 unspecified atom stereocenters. The van der Waals surface area contributed by atoms with Crippen LogP contribution in [-0.2, 0) is 17.6 Å². The Morgan fingerprint density at radius 1 is 0.750 bits per heavy atom. The van der Waals surface area contributed by atoms with Gasteiger partial charge >= 0.3 is 6.16 Å². The molecule has 0 atom stereocenters. The first kappa shape index (κ1) is 22.0.